The van der Waals surface area contributed by atoms with E-state index in [1.54, 1.807) is 18.4 Å². The van der Waals surface area contributed by atoms with Crippen LogP contribution in [0.5, 0.6) is 5.75 Å². The predicted molar refractivity (Wildman–Crippen MR) is 168 cm³/mol. The molecule has 6 rings (SSSR count). The van der Waals surface area contributed by atoms with Crippen molar-refractivity contribution in [1.82, 2.24) is 14.5 Å². The molecule has 8 nitrogen and oxygen atoms in total. The third-order valence-corrected chi connectivity index (χ3v) is 8.73. The molecule has 9 heteroatoms. The van der Waals surface area contributed by atoms with Gasteiger partial charge in [-0.15, -0.1) is 11.3 Å². The Morgan fingerprint density at radius 3 is 2.78 bits per heavy atom. The quantitative estimate of drug-likeness (QED) is 0.231. The fraction of sp³-hybridized carbons (Fsp3) is 0.250. The van der Waals surface area contributed by atoms with E-state index < -0.39 is 0 Å². The highest BCUT2D eigenvalue weighted by molar-refractivity contribution is 7.17. The van der Waals surface area contributed by atoms with Gasteiger partial charge in [-0.2, -0.15) is 0 Å². The summed E-state index contributed by atoms with van der Waals surface area (Å²) in [5.41, 5.74) is 11.1. The summed E-state index contributed by atoms with van der Waals surface area (Å²) in [5, 5.41) is 16.8. The Labute approximate surface area is 242 Å². The number of carbonyl (C=O) groups is 1. The number of anilines is 2. The van der Waals surface area contributed by atoms with Crippen LogP contribution in [-0.2, 0) is 7.05 Å². The largest absolute Gasteiger partial charge is 0.495 e. The number of nitrogens with zero attached hydrogens (tertiary/aromatic N) is 3. The smallest absolute Gasteiger partial charge is 0.272 e. The van der Waals surface area contributed by atoms with Gasteiger partial charge < -0.3 is 25.5 Å². The van der Waals surface area contributed by atoms with Gasteiger partial charge in [0.1, 0.15) is 17.3 Å². The number of thiophene rings is 1. The highest BCUT2D eigenvalue weighted by Crippen LogP contribution is 2.38. The zero-order valence-electron chi connectivity index (χ0n) is 23.1. The number of pyridine rings is 1. The van der Waals surface area contributed by atoms with Gasteiger partial charge in [0.25, 0.3) is 5.91 Å². The number of nitrogens with two attached hydrogens (primary N) is 1. The third kappa shape index (κ3) is 5.31. The lowest BCUT2D eigenvalue weighted by atomic mass is 10.0. The molecule has 0 aliphatic carbocycles. The molecule has 1 aliphatic rings. The fourth-order valence-corrected chi connectivity index (χ4v) is 6.43. The topological polar surface area (TPSA) is 106 Å². The van der Waals surface area contributed by atoms with Gasteiger partial charge in [-0.05, 0) is 48.6 Å². The maximum Gasteiger partial charge on any atom is 0.272 e. The molecule has 2 aromatic carbocycles. The maximum absolute atomic E-state index is 13.3. The van der Waals surface area contributed by atoms with E-state index in [4.69, 9.17) is 15.5 Å². The Bertz CT molecular complexity index is 1760. The van der Waals surface area contributed by atoms with Crippen molar-refractivity contribution in [3.8, 4) is 17.0 Å². The first-order valence-corrected chi connectivity index (χ1v) is 14.6. The second-order valence-electron chi connectivity index (χ2n) is 10.4. The number of piperidine rings is 1. The lowest BCUT2D eigenvalue weighted by Gasteiger charge is -2.28. The molecule has 1 saturated heterocycles. The maximum atomic E-state index is 13.3. The third-order valence-electron chi connectivity index (χ3n) is 7.79. The van der Waals surface area contributed by atoms with Gasteiger partial charge in [-0.1, -0.05) is 36.4 Å². The van der Waals surface area contributed by atoms with Crippen molar-refractivity contribution >= 4 is 55.8 Å². The summed E-state index contributed by atoms with van der Waals surface area (Å²) in [6.07, 6.45) is 5.70. The molecule has 0 atom stereocenters. The van der Waals surface area contributed by atoms with Crippen LogP contribution >= 0.6 is 11.3 Å². The SMILES string of the molecule is COc1cc(-c2nc(N)c3ccsc3c2C=CCN2CCC(O)CC2)ccc1NC(=O)c1cc2ccccc2n1C. The first-order valence-electron chi connectivity index (χ1n) is 13.7. The minimum atomic E-state index is -0.217. The summed E-state index contributed by atoms with van der Waals surface area (Å²) in [5.74, 6) is 0.791. The number of amides is 1. The summed E-state index contributed by atoms with van der Waals surface area (Å²) >= 11 is 1.64. The number of aromatic nitrogens is 2. The molecular formula is C32H33N5O3S. The van der Waals surface area contributed by atoms with Gasteiger partial charge in [0.05, 0.1) is 24.6 Å². The molecule has 4 N–H and O–H groups in total. The molecule has 41 heavy (non-hydrogen) atoms. The number of nitrogens with one attached hydrogen (secondary N) is 1. The number of rotatable bonds is 7. The van der Waals surface area contributed by atoms with Crippen molar-refractivity contribution in [3.63, 3.8) is 0 Å². The number of hydrogen-bond donors (Lipinski definition) is 3. The number of carbonyl (C=O) groups excluding carboxylic acids is 1. The zero-order chi connectivity index (χ0) is 28.5. The van der Waals surface area contributed by atoms with Crippen molar-refractivity contribution in [3.05, 3.63) is 77.3 Å². The highest BCUT2D eigenvalue weighted by Gasteiger charge is 2.19. The molecule has 0 radical (unpaired) electrons. The number of aliphatic hydroxyl groups is 1. The number of nitrogen functional groups attached to an aromatic ring is 1. The van der Waals surface area contributed by atoms with E-state index in [0.29, 0.717) is 22.9 Å². The molecule has 1 amide bonds. The van der Waals surface area contributed by atoms with Crippen molar-refractivity contribution < 1.29 is 14.6 Å². The molecule has 1 aliphatic heterocycles. The lowest BCUT2D eigenvalue weighted by molar-refractivity contribution is 0.0881. The van der Waals surface area contributed by atoms with Gasteiger partial charge in [0.15, 0.2) is 0 Å². The summed E-state index contributed by atoms with van der Waals surface area (Å²) in [6, 6.07) is 17.5. The zero-order valence-corrected chi connectivity index (χ0v) is 23.9. The van der Waals surface area contributed by atoms with E-state index in [9.17, 15) is 9.90 Å². The molecular weight excluding hydrogens is 534 g/mol. The fourth-order valence-electron chi connectivity index (χ4n) is 5.50. The Kier molecular flexibility index (Phi) is 7.49. The van der Waals surface area contributed by atoms with Crippen LogP contribution in [0.3, 0.4) is 0 Å². The van der Waals surface area contributed by atoms with E-state index in [1.165, 1.54) is 0 Å². The summed E-state index contributed by atoms with van der Waals surface area (Å²) in [6.45, 7) is 2.57. The van der Waals surface area contributed by atoms with Crippen LogP contribution in [0.25, 0.3) is 38.3 Å². The molecule has 0 spiro atoms. The second kappa shape index (κ2) is 11.4. The van der Waals surface area contributed by atoms with Gasteiger partial charge >= 0.3 is 0 Å². The average Bonchev–Trinajstić information content (AvgIpc) is 3.61. The Hall–Kier alpha value is -4.18. The molecule has 0 saturated carbocycles. The number of likely N-dealkylation sites (tertiary alicyclic amines) is 1. The van der Waals surface area contributed by atoms with Crippen LogP contribution in [0, 0.1) is 0 Å². The predicted octanol–water partition coefficient (Wildman–Crippen LogP) is 5.77. The summed E-state index contributed by atoms with van der Waals surface area (Å²) in [4.78, 5) is 20.4. The molecule has 0 unspecified atom stereocenters. The van der Waals surface area contributed by atoms with Crippen LogP contribution in [0.1, 0.15) is 28.9 Å². The number of aryl methyl sites for hydroxylation is 1. The summed E-state index contributed by atoms with van der Waals surface area (Å²) in [7, 11) is 3.48. The van der Waals surface area contributed by atoms with Gasteiger partial charge in [-0.25, -0.2) is 4.98 Å². The van der Waals surface area contributed by atoms with E-state index >= 15 is 0 Å². The van der Waals surface area contributed by atoms with Crippen LogP contribution < -0.4 is 15.8 Å². The minimum absolute atomic E-state index is 0.191. The van der Waals surface area contributed by atoms with E-state index in [-0.39, 0.29) is 12.0 Å². The van der Waals surface area contributed by atoms with Crippen LogP contribution in [0.15, 0.2) is 66.1 Å². The second-order valence-corrected chi connectivity index (χ2v) is 11.3. The molecule has 3 aromatic heterocycles. The molecule has 0 bridgehead atoms. The normalized spacial score (nSPS) is 14.8. The molecule has 1 fully saturated rings. The number of benzene rings is 2. The number of hydrogen-bond acceptors (Lipinski definition) is 7. The van der Waals surface area contributed by atoms with Crippen molar-refractivity contribution in [2.24, 2.45) is 7.05 Å². The summed E-state index contributed by atoms with van der Waals surface area (Å²) < 4.78 is 8.68. The van der Waals surface area contributed by atoms with Gasteiger partial charge in [0.2, 0.25) is 0 Å². The van der Waals surface area contributed by atoms with Crippen molar-refractivity contribution in [1.29, 1.82) is 0 Å². The van der Waals surface area contributed by atoms with Gasteiger partial charge in [-0.3, -0.25) is 9.69 Å². The van der Waals surface area contributed by atoms with E-state index in [1.807, 2.05) is 71.6 Å². The minimum Gasteiger partial charge on any atom is -0.495 e. The van der Waals surface area contributed by atoms with Crippen LogP contribution in [0.2, 0.25) is 0 Å². The number of ether oxygens (including phenoxy) is 1. The number of methoxy groups -OCH3 is 1. The lowest BCUT2D eigenvalue weighted by Crippen LogP contribution is -2.35. The Morgan fingerprint density at radius 2 is 2.00 bits per heavy atom. The van der Waals surface area contributed by atoms with E-state index in [2.05, 4.69) is 22.4 Å². The molecule has 4 heterocycles. The number of para-hydroxylation sites is 1. The molecule has 5 aromatic rings. The monoisotopic (exact) mass is 567 g/mol. The standard InChI is InChI=1S/C32H33N5O3S/c1-36-26-8-4-3-6-20(26)18-27(36)32(39)34-25-10-9-21(19-28(25)40-2)29-23(30-24(13-17-41-30)31(33)35-29)7-5-14-37-15-11-22(38)12-16-37/h3-10,13,17-19,22,38H,11-12,14-16H2,1-2H3,(H2,33,35)(H,34,39). The van der Waals surface area contributed by atoms with Gasteiger partial charge in [0, 0.05) is 58.8 Å². The first-order chi connectivity index (χ1) is 19.9. The number of aliphatic hydroxyl groups excluding tert-OH is 1. The van der Waals surface area contributed by atoms with Crippen LogP contribution in [0.4, 0.5) is 11.5 Å². The Balaban J connectivity index is 1.31. The van der Waals surface area contributed by atoms with Crippen molar-refractivity contribution in [2.75, 3.05) is 37.8 Å². The molecule has 210 valence electrons. The van der Waals surface area contributed by atoms with E-state index in [0.717, 1.165) is 70.3 Å². The average molecular weight is 568 g/mol. The highest BCUT2D eigenvalue weighted by atomic mass is 32.1. The number of fused-ring (bicyclic) bond motifs is 2. The Morgan fingerprint density at radius 1 is 1.20 bits per heavy atom. The van der Waals surface area contributed by atoms with Crippen LogP contribution in [-0.4, -0.2) is 58.3 Å². The first kappa shape index (κ1) is 27.0. The van der Waals surface area contributed by atoms with Crippen molar-refractivity contribution in [2.45, 2.75) is 18.9 Å².